The van der Waals surface area contributed by atoms with Crippen molar-refractivity contribution in [1.82, 2.24) is 15.6 Å². The Morgan fingerprint density at radius 3 is 2.74 bits per heavy atom. The number of rotatable bonds is 5. The van der Waals surface area contributed by atoms with Crippen molar-refractivity contribution in [2.75, 3.05) is 6.54 Å². The van der Waals surface area contributed by atoms with Crippen LogP contribution in [0.4, 0.5) is 4.79 Å². The van der Waals surface area contributed by atoms with E-state index >= 15 is 0 Å². The summed E-state index contributed by atoms with van der Waals surface area (Å²) in [7, 11) is 0. The lowest BCUT2D eigenvalue weighted by Crippen LogP contribution is -2.35. The van der Waals surface area contributed by atoms with E-state index in [9.17, 15) is 9.59 Å². The summed E-state index contributed by atoms with van der Waals surface area (Å²) in [4.78, 5) is 26.5. The number of carboxylic acid groups (broad SMARTS) is 1. The Hall–Kier alpha value is -2.07. The molecule has 1 heterocycles. The van der Waals surface area contributed by atoms with E-state index in [1.165, 1.54) is 0 Å². The number of hydrogen-bond donors (Lipinski definition) is 3. The quantitative estimate of drug-likeness (QED) is 0.561. The molecule has 0 unspecified atom stereocenters. The molecule has 1 aromatic rings. The highest BCUT2D eigenvalue weighted by atomic mass is 32.1. The number of carboxylic acids is 1. The van der Waals surface area contributed by atoms with Gasteiger partial charge in [-0.1, -0.05) is 0 Å². The minimum absolute atomic E-state index is 0.204. The first-order valence-electron chi connectivity index (χ1n) is 5.65. The number of nitrogens with one attached hydrogen (secondary N) is 2. The van der Waals surface area contributed by atoms with Gasteiger partial charge in [0, 0.05) is 13.0 Å². The van der Waals surface area contributed by atoms with Gasteiger partial charge in [-0.15, -0.1) is 23.2 Å². The van der Waals surface area contributed by atoms with E-state index in [0.29, 0.717) is 23.7 Å². The predicted molar refractivity (Wildman–Crippen MR) is 72.1 cm³/mol. The minimum atomic E-state index is -0.996. The van der Waals surface area contributed by atoms with Crippen molar-refractivity contribution in [3.8, 4) is 11.8 Å². The normalized spacial score (nSPS) is 9.37. The Kier molecular flexibility index (Phi) is 5.82. The zero-order valence-electron chi connectivity index (χ0n) is 10.7. The predicted octanol–water partition coefficient (Wildman–Crippen LogP) is 1.36. The van der Waals surface area contributed by atoms with Gasteiger partial charge in [-0.25, -0.2) is 14.6 Å². The van der Waals surface area contributed by atoms with Gasteiger partial charge in [-0.2, -0.15) is 0 Å². The highest BCUT2D eigenvalue weighted by molar-refractivity contribution is 7.13. The molecule has 0 saturated heterocycles. The summed E-state index contributed by atoms with van der Waals surface area (Å²) in [5, 5.41) is 14.7. The average Bonchev–Trinajstić information content (AvgIpc) is 2.74. The molecule has 7 heteroatoms. The van der Waals surface area contributed by atoms with E-state index in [2.05, 4.69) is 27.5 Å². The van der Waals surface area contributed by atoms with Crippen LogP contribution in [-0.4, -0.2) is 28.6 Å². The number of thiazole rings is 1. The average molecular weight is 281 g/mol. The van der Waals surface area contributed by atoms with Gasteiger partial charge in [0.25, 0.3) is 0 Å². The molecule has 1 aromatic heterocycles. The highest BCUT2D eigenvalue weighted by Crippen LogP contribution is 2.17. The number of hydrogen-bond acceptors (Lipinski definition) is 4. The molecule has 3 N–H and O–H groups in total. The smallest absolute Gasteiger partial charge is 0.347 e. The zero-order chi connectivity index (χ0) is 14.3. The molecule has 0 aromatic carbocycles. The molecule has 0 atom stereocenters. The zero-order valence-corrected chi connectivity index (χ0v) is 11.6. The van der Waals surface area contributed by atoms with Crippen molar-refractivity contribution in [1.29, 1.82) is 0 Å². The molecular weight excluding hydrogens is 266 g/mol. The molecule has 1 rings (SSSR count). The Balaban J connectivity index is 2.39. The standard InChI is InChI=1S/C12H15N3O3S/c1-3-4-5-6-13-12(18)14-7-9-15-8(2)10(19-9)11(16)17/h5-7H2,1-2H3,(H,16,17)(H2,13,14,18). The number of carbonyl (C=O) groups excluding carboxylic acids is 1. The lowest BCUT2D eigenvalue weighted by Gasteiger charge is -2.03. The lowest BCUT2D eigenvalue weighted by atomic mass is 10.4. The third kappa shape index (κ3) is 4.97. The number of carbonyl (C=O) groups is 2. The molecule has 0 aliphatic carbocycles. The summed E-state index contributed by atoms with van der Waals surface area (Å²) in [6.07, 6.45) is 0.601. The summed E-state index contributed by atoms with van der Waals surface area (Å²) < 4.78 is 0. The first-order chi connectivity index (χ1) is 9.04. The summed E-state index contributed by atoms with van der Waals surface area (Å²) in [5.41, 5.74) is 0.466. The Morgan fingerprint density at radius 1 is 1.42 bits per heavy atom. The third-order valence-electron chi connectivity index (χ3n) is 2.15. The van der Waals surface area contributed by atoms with Crippen LogP contribution in [-0.2, 0) is 6.54 Å². The summed E-state index contributed by atoms with van der Waals surface area (Å²) in [6.45, 7) is 4.06. The molecule has 19 heavy (non-hydrogen) atoms. The Bertz CT molecular complexity index is 528. The van der Waals surface area contributed by atoms with Crippen molar-refractivity contribution in [3.05, 3.63) is 15.6 Å². The third-order valence-corrected chi connectivity index (χ3v) is 3.29. The van der Waals surface area contributed by atoms with Gasteiger partial charge < -0.3 is 15.7 Å². The highest BCUT2D eigenvalue weighted by Gasteiger charge is 2.14. The Morgan fingerprint density at radius 2 is 2.16 bits per heavy atom. The molecule has 0 spiro atoms. The van der Waals surface area contributed by atoms with Gasteiger partial charge in [-0.05, 0) is 13.8 Å². The number of nitrogens with zero attached hydrogens (tertiary/aromatic N) is 1. The van der Waals surface area contributed by atoms with E-state index < -0.39 is 5.97 Å². The van der Waals surface area contributed by atoms with E-state index in [4.69, 9.17) is 5.11 Å². The fourth-order valence-electron chi connectivity index (χ4n) is 1.31. The van der Waals surface area contributed by atoms with Crippen molar-refractivity contribution < 1.29 is 14.7 Å². The number of amides is 2. The summed E-state index contributed by atoms with van der Waals surface area (Å²) in [6, 6.07) is -0.317. The van der Waals surface area contributed by atoms with Crippen molar-refractivity contribution in [2.24, 2.45) is 0 Å². The molecule has 102 valence electrons. The van der Waals surface area contributed by atoms with Crippen molar-refractivity contribution in [3.63, 3.8) is 0 Å². The molecular formula is C12H15N3O3S. The van der Waals surface area contributed by atoms with E-state index in [-0.39, 0.29) is 17.5 Å². The molecule has 2 amide bonds. The maximum Gasteiger partial charge on any atom is 0.347 e. The number of aryl methyl sites for hydroxylation is 1. The van der Waals surface area contributed by atoms with Gasteiger partial charge in [0.1, 0.15) is 9.88 Å². The Labute approximate surface area is 115 Å². The monoisotopic (exact) mass is 281 g/mol. The van der Waals surface area contributed by atoms with Crippen LogP contribution in [0, 0.1) is 18.8 Å². The van der Waals surface area contributed by atoms with Gasteiger partial charge in [0.2, 0.25) is 0 Å². The van der Waals surface area contributed by atoms with Crippen LogP contribution < -0.4 is 10.6 Å². The van der Waals surface area contributed by atoms with Crippen LogP contribution in [0.3, 0.4) is 0 Å². The van der Waals surface area contributed by atoms with Crippen LogP contribution >= 0.6 is 11.3 Å². The van der Waals surface area contributed by atoms with Crippen LogP contribution in [0.15, 0.2) is 0 Å². The fourth-order valence-corrected chi connectivity index (χ4v) is 2.15. The summed E-state index contributed by atoms with van der Waals surface area (Å²) in [5.74, 6) is 4.57. The largest absolute Gasteiger partial charge is 0.477 e. The molecule has 0 saturated carbocycles. The minimum Gasteiger partial charge on any atom is -0.477 e. The van der Waals surface area contributed by atoms with Crippen LogP contribution in [0.5, 0.6) is 0 Å². The topological polar surface area (TPSA) is 91.3 Å². The SMILES string of the molecule is CC#CCCNC(=O)NCc1nc(C)c(C(=O)O)s1. The van der Waals surface area contributed by atoms with Gasteiger partial charge in [0.15, 0.2) is 0 Å². The van der Waals surface area contributed by atoms with Crippen molar-refractivity contribution in [2.45, 2.75) is 26.8 Å². The summed E-state index contributed by atoms with van der Waals surface area (Å²) >= 11 is 1.07. The second-order valence-electron chi connectivity index (χ2n) is 3.61. The van der Waals surface area contributed by atoms with E-state index in [1.807, 2.05) is 0 Å². The van der Waals surface area contributed by atoms with Crippen LogP contribution in [0.2, 0.25) is 0 Å². The fraction of sp³-hybridized carbons (Fsp3) is 0.417. The molecule has 0 aliphatic heterocycles. The van der Waals surface area contributed by atoms with Crippen molar-refractivity contribution >= 4 is 23.3 Å². The molecule has 0 radical (unpaired) electrons. The van der Waals surface area contributed by atoms with Crippen LogP contribution in [0.25, 0.3) is 0 Å². The number of aromatic carboxylic acids is 1. The second-order valence-corrected chi connectivity index (χ2v) is 4.70. The molecule has 0 aliphatic rings. The van der Waals surface area contributed by atoms with E-state index in [0.717, 1.165) is 11.3 Å². The molecule has 0 bridgehead atoms. The number of urea groups is 1. The van der Waals surface area contributed by atoms with E-state index in [1.54, 1.807) is 13.8 Å². The first-order valence-corrected chi connectivity index (χ1v) is 6.47. The van der Waals surface area contributed by atoms with Crippen LogP contribution in [0.1, 0.15) is 33.7 Å². The van der Waals surface area contributed by atoms with Gasteiger partial charge >= 0.3 is 12.0 Å². The number of aromatic nitrogens is 1. The van der Waals surface area contributed by atoms with Gasteiger partial charge in [-0.3, -0.25) is 0 Å². The second kappa shape index (κ2) is 7.38. The maximum atomic E-state index is 11.4. The first kappa shape index (κ1) is 15.0. The lowest BCUT2D eigenvalue weighted by molar-refractivity contribution is 0.0701. The maximum absolute atomic E-state index is 11.4. The van der Waals surface area contributed by atoms with Gasteiger partial charge in [0.05, 0.1) is 12.2 Å². The molecule has 6 nitrogen and oxygen atoms in total. The molecule has 0 fully saturated rings.